The van der Waals surface area contributed by atoms with Crippen molar-refractivity contribution in [3.63, 3.8) is 0 Å². The molecular weight excluding hydrogens is 382 g/mol. The summed E-state index contributed by atoms with van der Waals surface area (Å²) >= 11 is 1.78. The molecule has 0 unspecified atom stereocenters. The molecular formula is C22H25N5OS. The molecule has 0 aliphatic heterocycles. The Balaban J connectivity index is 1.85. The number of rotatable bonds is 7. The van der Waals surface area contributed by atoms with Crippen LogP contribution in [0, 0.1) is 6.92 Å². The monoisotopic (exact) mass is 407 g/mol. The lowest BCUT2D eigenvalue weighted by Crippen LogP contribution is -2.02. The van der Waals surface area contributed by atoms with Crippen molar-refractivity contribution >= 4 is 17.4 Å². The molecule has 4 aromatic rings. The summed E-state index contributed by atoms with van der Waals surface area (Å²) in [6.07, 6.45) is 4.25. The smallest absolute Gasteiger partial charge is 0.157 e. The zero-order valence-electron chi connectivity index (χ0n) is 17.2. The number of ether oxygens (including phenoxy) is 1. The van der Waals surface area contributed by atoms with E-state index in [0.717, 1.165) is 50.6 Å². The van der Waals surface area contributed by atoms with Crippen LogP contribution in [0.25, 0.3) is 28.3 Å². The molecule has 0 radical (unpaired) electrons. The summed E-state index contributed by atoms with van der Waals surface area (Å²) in [6.45, 7) is 4.21. The number of aromatic nitrogens is 5. The molecule has 29 heavy (non-hydrogen) atoms. The van der Waals surface area contributed by atoms with Gasteiger partial charge in [0.1, 0.15) is 16.6 Å². The Labute approximate surface area is 175 Å². The first kappa shape index (κ1) is 19.5. The van der Waals surface area contributed by atoms with E-state index in [-0.39, 0.29) is 0 Å². The van der Waals surface area contributed by atoms with Crippen LogP contribution in [0.1, 0.15) is 25.6 Å². The van der Waals surface area contributed by atoms with Crippen LogP contribution >= 0.6 is 11.8 Å². The number of hydrogen-bond donors (Lipinski definition) is 0. The number of fused-ring (bicyclic) bond motifs is 1. The van der Waals surface area contributed by atoms with Crippen LogP contribution in [0.2, 0.25) is 0 Å². The molecule has 0 bridgehead atoms. The van der Waals surface area contributed by atoms with E-state index in [9.17, 15) is 0 Å². The number of hydrogen-bond acceptors (Lipinski definition) is 5. The second kappa shape index (κ2) is 8.29. The molecule has 0 spiro atoms. The predicted molar refractivity (Wildman–Crippen MR) is 118 cm³/mol. The van der Waals surface area contributed by atoms with Gasteiger partial charge in [-0.1, -0.05) is 13.3 Å². The standard InChI is InChI=1S/C22H25N5OS/c1-5-6-11-29-22-13-21-24-18(16-7-9-17(28-4)10-8-16)12-19(27(21)25-22)20-14-23-15(2)26(20)3/h7-10,12-14H,5-6,11H2,1-4H3. The number of methoxy groups -OCH3 is 1. The molecule has 0 saturated heterocycles. The number of thioether (sulfide) groups is 1. The van der Waals surface area contributed by atoms with Crippen molar-refractivity contribution in [3.8, 4) is 28.4 Å². The highest BCUT2D eigenvalue weighted by molar-refractivity contribution is 7.99. The molecule has 150 valence electrons. The largest absolute Gasteiger partial charge is 0.497 e. The van der Waals surface area contributed by atoms with Crippen LogP contribution in [-0.4, -0.2) is 37.0 Å². The summed E-state index contributed by atoms with van der Waals surface area (Å²) in [6, 6.07) is 12.1. The van der Waals surface area contributed by atoms with Gasteiger partial charge in [-0.15, -0.1) is 11.8 Å². The minimum atomic E-state index is 0.830. The third kappa shape index (κ3) is 3.87. The van der Waals surface area contributed by atoms with Gasteiger partial charge in [0.15, 0.2) is 5.65 Å². The van der Waals surface area contributed by atoms with E-state index in [1.807, 2.05) is 48.9 Å². The number of unbranched alkanes of at least 4 members (excludes halogenated alkanes) is 1. The van der Waals surface area contributed by atoms with Crippen molar-refractivity contribution in [2.24, 2.45) is 7.05 Å². The van der Waals surface area contributed by atoms with E-state index in [2.05, 4.69) is 28.6 Å². The van der Waals surface area contributed by atoms with Crippen LogP contribution < -0.4 is 4.74 Å². The van der Waals surface area contributed by atoms with Gasteiger partial charge in [0.25, 0.3) is 0 Å². The van der Waals surface area contributed by atoms with E-state index in [4.69, 9.17) is 14.8 Å². The van der Waals surface area contributed by atoms with Gasteiger partial charge in [-0.3, -0.25) is 0 Å². The maximum atomic E-state index is 5.29. The summed E-state index contributed by atoms with van der Waals surface area (Å²) in [7, 11) is 3.70. The van der Waals surface area contributed by atoms with Crippen LogP contribution in [0.5, 0.6) is 5.75 Å². The van der Waals surface area contributed by atoms with Gasteiger partial charge in [-0.2, -0.15) is 5.10 Å². The summed E-state index contributed by atoms with van der Waals surface area (Å²) in [5.41, 5.74) is 4.77. The topological polar surface area (TPSA) is 57.2 Å². The Kier molecular flexibility index (Phi) is 5.58. The Bertz CT molecular complexity index is 1130. The zero-order valence-corrected chi connectivity index (χ0v) is 18.0. The van der Waals surface area contributed by atoms with E-state index >= 15 is 0 Å². The van der Waals surface area contributed by atoms with Gasteiger partial charge in [0.2, 0.25) is 0 Å². The summed E-state index contributed by atoms with van der Waals surface area (Å²) in [5.74, 6) is 2.85. The van der Waals surface area contributed by atoms with Gasteiger partial charge in [0, 0.05) is 18.7 Å². The van der Waals surface area contributed by atoms with Crippen LogP contribution in [-0.2, 0) is 7.05 Å². The van der Waals surface area contributed by atoms with Crippen molar-refractivity contribution in [1.82, 2.24) is 24.1 Å². The number of benzene rings is 1. The first-order valence-electron chi connectivity index (χ1n) is 9.77. The van der Waals surface area contributed by atoms with Crippen molar-refractivity contribution < 1.29 is 4.74 Å². The quantitative estimate of drug-likeness (QED) is 0.318. The van der Waals surface area contributed by atoms with Gasteiger partial charge in [0.05, 0.1) is 30.4 Å². The highest BCUT2D eigenvalue weighted by Crippen LogP contribution is 2.29. The van der Waals surface area contributed by atoms with Crippen molar-refractivity contribution in [2.45, 2.75) is 31.7 Å². The van der Waals surface area contributed by atoms with Crippen molar-refractivity contribution in [2.75, 3.05) is 12.9 Å². The zero-order chi connectivity index (χ0) is 20.4. The molecule has 3 aromatic heterocycles. The summed E-state index contributed by atoms with van der Waals surface area (Å²) in [4.78, 5) is 9.36. The average molecular weight is 408 g/mol. The van der Waals surface area contributed by atoms with Gasteiger partial charge < -0.3 is 9.30 Å². The van der Waals surface area contributed by atoms with Crippen LogP contribution in [0.3, 0.4) is 0 Å². The van der Waals surface area contributed by atoms with Crippen LogP contribution in [0.4, 0.5) is 0 Å². The lowest BCUT2D eigenvalue weighted by molar-refractivity contribution is 0.415. The Morgan fingerprint density at radius 2 is 1.90 bits per heavy atom. The molecule has 0 N–H and O–H groups in total. The second-order valence-corrected chi connectivity index (χ2v) is 8.07. The van der Waals surface area contributed by atoms with Crippen molar-refractivity contribution in [3.05, 3.63) is 48.4 Å². The molecule has 0 aliphatic carbocycles. The third-order valence-corrected chi connectivity index (χ3v) is 6.01. The third-order valence-electron chi connectivity index (χ3n) is 5.02. The fraction of sp³-hybridized carbons (Fsp3) is 0.318. The summed E-state index contributed by atoms with van der Waals surface area (Å²) in [5, 5.41) is 5.83. The van der Waals surface area contributed by atoms with Gasteiger partial charge in [-0.05, 0) is 49.4 Å². The van der Waals surface area contributed by atoms with E-state index in [0.29, 0.717) is 0 Å². The molecule has 6 nitrogen and oxygen atoms in total. The SMILES string of the molecule is CCCCSc1cc2nc(-c3ccc(OC)cc3)cc(-c3cnc(C)n3C)n2n1. The second-order valence-electron chi connectivity index (χ2n) is 6.96. The minimum absolute atomic E-state index is 0.830. The number of aryl methyl sites for hydroxylation is 1. The first-order chi connectivity index (χ1) is 14.1. The molecule has 3 heterocycles. The predicted octanol–water partition coefficient (Wildman–Crippen LogP) is 5.01. The highest BCUT2D eigenvalue weighted by atomic mass is 32.2. The highest BCUT2D eigenvalue weighted by Gasteiger charge is 2.16. The lowest BCUT2D eigenvalue weighted by Gasteiger charge is -2.10. The average Bonchev–Trinajstić information content (AvgIpc) is 3.30. The molecule has 0 aliphatic rings. The molecule has 7 heteroatoms. The maximum Gasteiger partial charge on any atom is 0.157 e. The van der Waals surface area contributed by atoms with Crippen LogP contribution in [0.15, 0.2) is 47.6 Å². The fourth-order valence-corrected chi connectivity index (χ4v) is 4.15. The molecule has 0 amide bonds. The number of imidazole rings is 1. The first-order valence-corrected chi connectivity index (χ1v) is 10.8. The Morgan fingerprint density at radius 1 is 1.10 bits per heavy atom. The summed E-state index contributed by atoms with van der Waals surface area (Å²) < 4.78 is 9.30. The Hall–Kier alpha value is -2.80. The lowest BCUT2D eigenvalue weighted by atomic mass is 10.1. The minimum Gasteiger partial charge on any atom is -0.497 e. The van der Waals surface area contributed by atoms with Gasteiger partial charge in [-0.25, -0.2) is 14.5 Å². The maximum absolute atomic E-state index is 5.29. The van der Waals surface area contributed by atoms with Gasteiger partial charge >= 0.3 is 0 Å². The normalized spacial score (nSPS) is 11.3. The van der Waals surface area contributed by atoms with E-state index in [1.165, 1.54) is 12.8 Å². The molecule has 1 aromatic carbocycles. The molecule has 0 fully saturated rings. The van der Waals surface area contributed by atoms with E-state index < -0.39 is 0 Å². The molecule has 0 atom stereocenters. The van der Waals surface area contributed by atoms with E-state index in [1.54, 1.807) is 18.9 Å². The number of nitrogens with zero attached hydrogens (tertiary/aromatic N) is 5. The molecule has 0 saturated carbocycles. The van der Waals surface area contributed by atoms with Crippen molar-refractivity contribution in [1.29, 1.82) is 0 Å². The molecule has 4 rings (SSSR count). The fourth-order valence-electron chi connectivity index (χ4n) is 3.18. The Morgan fingerprint density at radius 3 is 2.55 bits per heavy atom.